The first-order valence-electron chi connectivity index (χ1n) is 4.21. The van der Waals surface area contributed by atoms with Gasteiger partial charge in [0.1, 0.15) is 0 Å². The van der Waals surface area contributed by atoms with E-state index in [9.17, 15) is 4.79 Å². The first-order chi connectivity index (χ1) is 5.66. The molecule has 0 aromatic carbocycles. The van der Waals surface area contributed by atoms with Gasteiger partial charge in [0.15, 0.2) is 0 Å². The van der Waals surface area contributed by atoms with E-state index in [1.807, 2.05) is 13.8 Å². The molecule has 12 heavy (non-hydrogen) atoms. The minimum Gasteiger partial charge on any atom is -0.462 e. The lowest BCUT2D eigenvalue weighted by atomic mass is 9.97. The molecule has 0 spiro atoms. The Morgan fingerprint density at radius 3 is 2.83 bits per heavy atom. The van der Waals surface area contributed by atoms with Gasteiger partial charge in [-0.05, 0) is 18.9 Å². The molecule has 0 amide bonds. The Morgan fingerprint density at radius 1 is 1.67 bits per heavy atom. The van der Waals surface area contributed by atoms with Gasteiger partial charge in [0, 0.05) is 6.42 Å². The fourth-order valence-electron chi connectivity index (χ4n) is 1.26. The fourth-order valence-corrected chi connectivity index (χ4v) is 1.26. The maximum atomic E-state index is 11.3. The van der Waals surface area contributed by atoms with Crippen LogP contribution in [0.4, 0.5) is 0 Å². The van der Waals surface area contributed by atoms with E-state index < -0.39 is 0 Å². The number of ether oxygens (including phenoxy) is 1. The summed E-state index contributed by atoms with van der Waals surface area (Å²) in [5, 5.41) is 0. The third-order valence-electron chi connectivity index (χ3n) is 2.15. The second-order valence-corrected chi connectivity index (χ2v) is 3.00. The van der Waals surface area contributed by atoms with Crippen LogP contribution in [-0.4, -0.2) is 12.6 Å². The van der Waals surface area contributed by atoms with E-state index in [0.29, 0.717) is 12.2 Å². The number of carbonyl (C=O) groups excluding carboxylic acids is 1. The monoisotopic (exact) mass is 166 g/mol. The van der Waals surface area contributed by atoms with Gasteiger partial charge in [0.05, 0.1) is 12.2 Å². The van der Waals surface area contributed by atoms with E-state index in [1.165, 1.54) is 0 Å². The van der Waals surface area contributed by atoms with Crippen molar-refractivity contribution in [1.29, 1.82) is 0 Å². The van der Waals surface area contributed by atoms with Crippen molar-refractivity contribution in [1.82, 2.24) is 0 Å². The van der Waals surface area contributed by atoms with Gasteiger partial charge in [0.2, 0.25) is 0 Å². The van der Waals surface area contributed by atoms with E-state index in [2.05, 4.69) is 6.58 Å². The summed E-state index contributed by atoms with van der Waals surface area (Å²) >= 11 is 0. The Kier molecular flexibility index (Phi) is 2.69. The molecule has 0 saturated carbocycles. The summed E-state index contributed by atoms with van der Waals surface area (Å²) < 4.78 is 4.93. The molecule has 2 heteroatoms. The number of rotatable bonds is 1. The Labute approximate surface area is 72.9 Å². The zero-order valence-corrected chi connectivity index (χ0v) is 7.64. The molecular weight excluding hydrogens is 152 g/mol. The number of carbonyl (C=O) groups is 1. The van der Waals surface area contributed by atoms with Crippen LogP contribution in [0.15, 0.2) is 23.3 Å². The summed E-state index contributed by atoms with van der Waals surface area (Å²) in [5.41, 5.74) is 2.71. The third-order valence-corrected chi connectivity index (χ3v) is 2.15. The number of esters is 1. The van der Waals surface area contributed by atoms with Gasteiger partial charge in [-0.3, -0.25) is 0 Å². The average Bonchev–Trinajstić information content (AvgIpc) is 2.03. The molecule has 0 bridgehead atoms. The Balaban J connectivity index is 2.98. The lowest BCUT2D eigenvalue weighted by Gasteiger charge is -2.18. The molecule has 0 atom stereocenters. The van der Waals surface area contributed by atoms with Gasteiger partial charge < -0.3 is 4.74 Å². The standard InChI is InChI=1S/C10H14O2/c1-4-7(2)9-8(3)5-6-12-10(9)11/h3-6H2,1-2H3/b9-7-. The molecular formula is C10H14O2. The van der Waals surface area contributed by atoms with E-state index in [-0.39, 0.29) is 5.97 Å². The number of hydrogen-bond donors (Lipinski definition) is 0. The van der Waals surface area contributed by atoms with Gasteiger partial charge in [-0.25, -0.2) is 4.79 Å². The second kappa shape index (κ2) is 3.57. The summed E-state index contributed by atoms with van der Waals surface area (Å²) in [5.74, 6) is -0.203. The Hall–Kier alpha value is -1.05. The zero-order valence-electron chi connectivity index (χ0n) is 7.64. The highest BCUT2D eigenvalue weighted by atomic mass is 16.5. The molecule has 1 heterocycles. The molecule has 1 rings (SSSR count). The van der Waals surface area contributed by atoms with Gasteiger partial charge >= 0.3 is 5.97 Å². The molecule has 0 aromatic rings. The molecule has 0 aliphatic carbocycles. The molecule has 0 radical (unpaired) electrons. The van der Waals surface area contributed by atoms with Crippen LogP contribution in [0.3, 0.4) is 0 Å². The average molecular weight is 166 g/mol. The second-order valence-electron chi connectivity index (χ2n) is 3.00. The van der Waals surface area contributed by atoms with Crippen LogP contribution in [0.2, 0.25) is 0 Å². The van der Waals surface area contributed by atoms with Crippen LogP contribution in [-0.2, 0) is 9.53 Å². The number of allylic oxidation sites excluding steroid dienone is 1. The lowest BCUT2D eigenvalue weighted by molar-refractivity contribution is -0.140. The highest BCUT2D eigenvalue weighted by molar-refractivity contribution is 5.94. The Bertz CT molecular complexity index is 231. The van der Waals surface area contributed by atoms with Crippen molar-refractivity contribution >= 4 is 5.97 Å². The van der Waals surface area contributed by atoms with E-state index in [4.69, 9.17) is 4.74 Å². The summed E-state index contributed by atoms with van der Waals surface area (Å²) in [6.07, 6.45) is 1.65. The van der Waals surface area contributed by atoms with Crippen LogP contribution in [0.5, 0.6) is 0 Å². The quantitative estimate of drug-likeness (QED) is 0.441. The van der Waals surface area contributed by atoms with Crippen LogP contribution < -0.4 is 0 Å². The maximum Gasteiger partial charge on any atom is 0.338 e. The van der Waals surface area contributed by atoms with Crippen LogP contribution >= 0.6 is 0 Å². The highest BCUT2D eigenvalue weighted by Crippen LogP contribution is 2.23. The minimum absolute atomic E-state index is 0.203. The van der Waals surface area contributed by atoms with Gasteiger partial charge in [-0.15, -0.1) is 0 Å². The maximum absolute atomic E-state index is 11.3. The SMILES string of the molecule is C=C1CCOC(=O)/C1=C(/C)CC. The minimum atomic E-state index is -0.203. The molecule has 2 nitrogen and oxygen atoms in total. The van der Waals surface area contributed by atoms with Gasteiger partial charge in [0.25, 0.3) is 0 Å². The summed E-state index contributed by atoms with van der Waals surface area (Å²) in [7, 11) is 0. The highest BCUT2D eigenvalue weighted by Gasteiger charge is 2.21. The largest absolute Gasteiger partial charge is 0.462 e. The summed E-state index contributed by atoms with van der Waals surface area (Å²) in [6.45, 7) is 8.32. The molecule has 0 aromatic heterocycles. The molecule has 0 unspecified atom stereocenters. The van der Waals surface area contributed by atoms with Crippen LogP contribution in [0, 0.1) is 0 Å². The zero-order chi connectivity index (χ0) is 9.14. The van der Waals surface area contributed by atoms with Crippen molar-refractivity contribution in [2.24, 2.45) is 0 Å². The van der Waals surface area contributed by atoms with E-state index >= 15 is 0 Å². The van der Waals surface area contributed by atoms with Crippen molar-refractivity contribution in [3.05, 3.63) is 23.3 Å². The van der Waals surface area contributed by atoms with Crippen LogP contribution in [0.1, 0.15) is 26.7 Å². The van der Waals surface area contributed by atoms with Crippen molar-refractivity contribution in [3.63, 3.8) is 0 Å². The van der Waals surface area contributed by atoms with Gasteiger partial charge in [-0.2, -0.15) is 0 Å². The van der Waals surface area contributed by atoms with Crippen molar-refractivity contribution in [2.75, 3.05) is 6.61 Å². The molecule has 1 fully saturated rings. The molecule has 1 saturated heterocycles. The van der Waals surface area contributed by atoms with Crippen molar-refractivity contribution in [2.45, 2.75) is 26.7 Å². The third kappa shape index (κ3) is 1.58. The topological polar surface area (TPSA) is 26.3 Å². The van der Waals surface area contributed by atoms with Crippen molar-refractivity contribution in [3.8, 4) is 0 Å². The first-order valence-corrected chi connectivity index (χ1v) is 4.21. The predicted molar refractivity (Wildman–Crippen MR) is 47.7 cm³/mol. The number of cyclic esters (lactones) is 1. The fraction of sp³-hybridized carbons (Fsp3) is 0.500. The van der Waals surface area contributed by atoms with Gasteiger partial charge in [-0.1, -0.05) is 19.1 Å². The smallest absolute Gasteiger partial charge is 0.338 e. The first kappa shape index (κ1) is 9.04. The van der Waals surface area contributed by atoms with E-state index in [1.54, 1.807) is 0 Å². The van der Waals surface area contributed by atoms with Crippen LogP contribution in [0.25, 0.3) is 0 Å². The van der Waals surface area contributed by atoms with E-state index in [0.717, 1.165) is 24.0 Å². The summed E-state index contributed by atoms with van der Waals surface area (Å²) in [4.78, 5) is 11.3. The lowest BCUT2D eigenvalue weighted by Crippen LogP contribution is -2.18. The predicted octanol–water partition coefficient (Wildman–Crippen LogP) is 2.22. The number of hydrogen-bond acceptors (Lipinski definition) is 2. The molecule has 1 aliphatic rings. The van der Waals surface area contributed by atoms with Crippen molar-refractivity contribution < 1.29 is 9.53 Å². The molecule has 66 valence electrons. The molecule has 1 aliphatic heterocycles. The molecule has 0 N–H and O–H groups in total. The summed E-state index contributed by atoms with van der Waals surface area (Å²) in [6, 6.07) is 0. The Morgan fingerprint density at radius 2 is 2.33 bits per heavy atom. The normalized spacial score (nSPS) is 22.2.